The molecular weight excluding hydrogens is 583 g/mol. The number of methoxy groups -OCH3 is 1. The number of rotatable bonds is 5. The number of halogens is 2. The van der Waals surface area contributed by atoms with Gasteiger partial charge in [-0.2, -0.15) is 0 Å². The molecule has 2 N–H and O–H groups in total. The van der Waals surface area contributed by atoms with E-state index in [1.807, 2.05) is 25.1 Å². The number of aromatic nitrogens is 1. The summed E-state index contributed by atoms with van der Waals surface area (Å²) in [4.78, 5) is 45.1. The maximum Gasteiger partial charge on any atom is 0.411 e. The molecule has 0 radical (unpaired) electrons. The lowest BCUT2D eigenvalue weighted by atomic mass is 9.91. The third-order valence-corrected chi connectivity index (χ3v) is 8.14. The summed E-state index contributed by atoms with van der Waals surface area (Å²) in [5, 5.41) is 5.65. The van der Waals surface area contributed by atoms with E-state index >= 15 is 4.39 Å². The van der Waals surface area contributed by atoms with Crippen molar-refractivity contribution in [1.82, 2.24) is 9.88 Å². The van der Waals surface area contributed by atoms with E-state index in [1.54, 1.807) is 50.1 Å². The minimum Gasteiger partial charge on any atom is -0.453 e. The normalized spacial score (nSPS) is 19.5. The number of hydrogen-bond donors (Lipinski definition) is 2. The first-order chi connectivity index (χ1) is 21.0. The minimum absolute atomic E-state index is 0.00792. The molecule has 2 aromatic rings. The molecule has 2 bridgehead atoms. The van der Waals surface area contributed by atoms with E-state index in [9.17, 15) is 14.4 Å². The fourth-order valence-corrected chi connectivity index (χ4v) is 5.81. The Labute approximate surface area is 262 Å². The van der Waals surface area contributed by atoms with Gasteiger partial charge < -0.3 is 15.0 Å². The maximum absolute atomic E-state index is 15.4. The SMILES string of the molecule is C/C=C\C(Cl)=C(\F)C(C1=CC(=O)N(C2CCCC(C)C(=O)Nc3cc(NC(=O)OC)ccc3-c3ccnc2c3)CC1)=C(C)C. The molecule has 0 saturated carbocycles. The van der Waals surface area contributed by atoms with Gasteiger partial charge in [0.1, 0.15) is 5.83 Å². The van der Waals surface area contributed by atoms with Crippen molar-refractivity contribution >= 4 is 40.9 Å². The molecule has 1 aromatic heterocycles. The highest BCUT2D eigenvalue weighted by Crippen LogP contribution is 2.38. The average Bonchev–Trinajstić information content (AvgIpc) is 2.99. The average molecular weight is 621 g/mol. The third kappa shape index (κ3) is 7.45. The molecule has 0 aliphatic carbocycles. The summed E-state index contributed by atoms with van der Waals surface area (Å²) in [6.07, 6.45) is 8.08. The monoisotopic (exact) mass is 620 g/mol. The molecule has 2 atom stereocenters. The summed E-state index contributed by atoms with van der Waals surface area (Å²) in [5.41, 5.74) is 4.96. The summed E-state index contributed by atoms with van der Waals surface area (Å²) in [5.74, 6) is -1.22. The van der Waals surface area contributed by atoms with Gasteiger partial charge in [-0.1, -0.05) is 42.7 Å². The lowest BCUT2D eigenvalue weighted by Crippen LogP contribution is -2.38. The number of hydrogen-bond acceptors (Lipinski definition) is 5. The summed E-state index contributed by atoms with van der Waals surface area (Å²) >= 11 is 6.20. The van der Waals surface area contributed by atoms with Crippen molar-refractivity contribution in [3.63, 3.8) is 0 Å². The number of nitrogens with zero attached hydrogens (tertiary/aromatic N) is 2. The van der Waals surface area contributed by atoms with Gasteiger partial charge in [-0.05, 0) is 81.5 Å². The van der Waals surface area contributed by atoms with Gasteiger partial charge >= 0.3 is 6.09 Å². The summed E-state index contributed by atoms with van der Waals surface area (Å²) in [7, 11) is 1.28. The van der Waals surface area contributed by atoms with Gasteiger partial charge in [0, 0.05) is 41.6 Å². The molecule has 8 nitrogen and oxygen atoms in total. The number of pyridine rings is 1. The summed E-state index contributed by atoms with van der Waals surface area (Å²) < 4.78 is 20.1. The van der Waals surface area contributed by atoms with Crippen molar-refractivity contribution in [2.24, 2.45) is 5.92 Å². The molecule has 0 spiro atoms. The Morgan fingerprint density at radius 1 is 1.20 bits per heavy atom. The number of carbonyl (C=O) groups excluding carboxylic acids is 3. The number of benzene rings is 1. The van der Waals surface area contributed by atoms with Crippen LogP contribution in [0.5, 0.6) is 0 Å². The molecule has 4 rings (SSSR count). The molecule has 0 fully saturated rings. The second-order valence-corrected chi connectivity index (χ2v) is 11.6. The topological polar surface area (TPSA) is 101 Å². The Bertz CT molecular complexity index is 1570. The molecule has 2 aliphatic rings. The zero-order chi connectivity index (χ0) is 32.0. The highest BCUT2D eigenvalue weighted by atomic mass is 35.5. The number of nitrogens with one attached hydrogen (secondary N) is 2. The van der Waals surface area contributed by atoms with Crippen molar-refractivity contribution in [1.29, 1.82) is 0 Å². The number of carbonyl (C=O) groups is 3. The maximum atomic E-state index is 15.4. The second-order valence-electron chi connectivity index (χ2n) is 11.2. The lowest BCUT2D eigenvalue weighted by Gasteiger charge is -2.35. The van der Waals surface area contributed by atoms with E-state index in [2.05, 4.69) is 15.6 Å². The molecule has 2 unspecified atom stereocenters. The fraction of sp³-hybridized carbons (Fsp3) is 0.353. The number of ether oxygens (including phenoxy) is 1. The smallest absolute Gasteiger partial charge is 0.411 e. The molecule has 1 aromatic carbocycles. The van der Waals surface area contributed by atoms with E-state index in [0.717, 1.165) is 22.4 Å². The molecular formula is C34H38ClFN4O4. The lowest BCUT2D eigenvalue weighted by molar-refractivity contribution is -0.129. The van der Waals surface area contributed by atoms with E-state index in [-0.39, 0.29) is 28.8 Å². The quantitative estimate of drug-likeness (QED) is 0.328. The van der Waals surface area contributed by atoms with Crippen molar-refractivity contribution < 1.29 is 23.5 Å². The zero-order valence-corrected chi connectivity index (χ0v) is 26.4. The molecule has 44 heavy (non-hydrogen) atoms. The predicted molar refractivity (Wildman–Crippen MR) is 172 cm³/mol. The Kier molecular flexibility index (Phi) is 10.8. The van der Waals surface area contributed by atoms with Crippen molar-refractivity contribution in [3.8, 4) is 11.1 Å². The van der Waals surface area contributed by atoms with E-state index in [0.29, 0.717) is 54.7 Å². The summed E-state index contributed by atoms with van der Waals surface area (Å²) in [6.45, 7) is 7.61. The molecule has 0 saturated heterocycles. The molecule has 3 heterocycles. The van der Waals surface area contributed by atoms with E-state index in [4.69, 9.17) is 16.3 Å². The van der Waals surface area contributed by atoms with Gasteiger partial charge in [-0.3, -0.25) is 19.9 Å². The molecule has 10 heteroatoms. The first-order valence-corrected chi connectivity index (χ1v) is 15.0. The van der Waals surface area contributed by atoms with Gasteiger partial charge in [0.25, 0.3) is 0 Å². The minimum atomic E-state index is -0.619. The standard InChI is InChI=1S/C34H38ClFN4O4/c1-6-8-26(35)32(36)31(20(2)3)23-14-16-40(30(41)18-23)29-10-7-9-21(4)33(42)39-27-19-24(38-34(43)44-5)11-12-25(27)22-13-15-37-28(29)17-22/h6,8,11-13,15,17-19,21,29H,7,9-10,14,16H2,1-5H3,(H,38,43)(H,39,42)/b8-6-,32-26-. The Hall–Kier alpha value is -4.24. The number of allylic oxidation sites excluding steroid dienone is 6. The van der Waals surface area contributed by atoms with Gasteiger partial charge in [-0.25, -0.2) is 9.18 Å². The van der Waals surface area contributed by atoms with Crippen LogP contribution in [0, 0.1) is 5.92 Å². The van der Waals surface area contributed by atoms with E-state index in [1.165, 1.54) is 19.3 Å². The van der Waals surface area contributed by atoms with Gasteiger partial charge in [0.2, 0.25) is 11.8 Å². The Morgan fingerprint density at radius 3 is 2.66 bits per heavy atom. The van der Waals surface area contributed by atoms with Crippen LogP contribution in [0.2, 0.25) is 0 Å². The molecule has 232 valence electrons. The second kappa shape index (κ2) is 14.5. The van der Waals surface area contributed by atoms with Gasteiger partial charge in [-0.15, -0.1) is 0 Å². The fourth-order valence-electron chi connectivity index (χ4n) is 5.59. The van der Waals surface area contributed by atoms with Gasteiger partial charge in [0.15, 0.2) is 0 Å². The number of anilines is 2. The van der Waals surface area contributed by atoms with Crippen LogP contribution in [0.25, 0.3) is 11.1 Å². The van der Waals surface area contributed by atoms with Gasteiger partial charge in [0.05, 0.1) is 29.6 Å². The number of fused-ring (bicyclic) bond motifs is 4. The zero-order valence-electron chi connectivity index (χ0n) is 25.7. The van der Waals surface area contributed by atoms with Crippen LogP contribution >= 0.6 is 11.6 Å². The third-order valence-electron chi connectivity index (χ3n) is 7.85. The van der Waals surface area contributed by atoms with Crippen LogP contribution in [-0.2, 0) is 14.3 Å². The van der Waals surface area contributed by atoms with Crippen LogP contribution in [0.15, 0.2) is 82.3 Å². The van der Waals surface area contributed by atoms with Crippen LogP contribution in [0.3, 0.4) is 0 Å². The van der Waals surface area contributed by atoms with Crippen molar-refractivity contribution in [2.45, 2.75) is 59.4 Å². The summed E-state index contributed by atoms with van der Waals surface area (Å²) in [6, 6.07) is 8.66. The molecule has 3 amide bonds. The first kappa shape index (κ1) is 32.7. The van der Waals surface area contributed by atoms with Crippen LogP contribution in [0.4, 0.5) is 20.6 Å². The number of amides is 3. The Morgan fingerprint density at radius 2 is 1.98 bits per heavy atom. The highest BCUT2D eigenvalue weighted by Gasteiger charge is 2.31. The van der Waals surface area contributed by atoms with Crippen LogP contribution in [-0.4, -0.2) is 41.4 Å². The van der Waals surface area contributed by atoms with Crippen molar-refractivity contribution in [3.05, 3.63) is 88.0 Å². The first-order valence-electron chi connectivity index (χ1n) is 14.7. The largest absolute Gasteiger partial charge is 0.453 e. The molecule has 2 aliphatic heterocycles. The van der Waals surface area contributed by atoms with E-state index < -0.39 is 11.9 Å². The van der Waals surface area contributed by atoms with Crippen molar-refractivity contribution in [2.75, 3.05) is 24.3 Å². The highest BCUT2D eigenvalue weighted by molar-refractivity contribution is 6.31. The Balaban J connectivity index is 1.74. The van der Waals surface area contributed by atoms with Crippen LogP contribution in [0.1, 0.15) is 65.1 Å². The van der Waals surface area contributed by atoms with Crippen LogP contribution < -0.4 is 10.6 Å². The predicted octanol–water partition coefficient (Wildman–Crippen LogP) is 8.22.